The molecule has 1 atom stereocenters. The molecule has 0 spiro atoms. The summed E-state index contributed by atoms with van der Waals surface area (Å²) in [5.41, 5.74) is 7.66. The number of hydrogen-bond acceptors (Lipinski definition) is 5. The Morgan fingerprint density at radius 2 is 1.79 bits per heavy atom. The first-order valence-corrected chi connectivity index (χ1v) is 11.3. The van der Waals surface area contributed by atoms with E-state index in [4.69, 9.17) is 4.63 Å². The molecule has 6 rings (SSSR count). The number of nitrogens with zero attached hydrogens (tertiary/aromatic N) is 3. The van der Waals surface area contributed by atoms with Crippen LogP contribution in [0.15, 0.2) is 53.2 Å². The van der Waals surface area contributed by atoms with Crippen molar-refractivity contribution in [2.24, 2.45) is 0 Å². The first-order chi connectivity index (χ1) is 14.4. The van der Waals surface area contributed by atoms with E-state index in [-0.39, 0.29) is 0 Å². The topological polar surface area (TPSA) is 42.2 Å². The molecule has 0 saturated carbocycles. The molecule has 0 fully saturated rings. The molecule has 0 bridgehead atoms. The molecule has 146 valence electrons. The Morgan fingerprint density at radius 1 is 0.931 bits per heavy atom. The van der Waals surface area contributed by atoms with Gasteiger partial charge in [-0.3, -0.25) is 4.90 Å². The first-order valence-electron chi connectivity index (χ1n) is 10.5. The molecule has 2 aromatic heterocycles. The van der Waals surface area contributed by atoms with Gasteiger partial charge in [-0.2, -0.15) is 0 Å². The van der Waals surface area contributed by atoms with Crippen molar-refractivity contribution in [1.82, 2.24) is 15.2 Å². The Morgan fingerprint density at radius 3 is 2.72 bits per heavy atom. The first kappa shape index (κ1) is 17.4. The molecule has 4 aromatic rings. The largest absolute Gasteiger partial charge is 0.287 e. The standard InChI is InChI=1S/C24H23N3OS/c1-2-6-17(7-3-1)23-24-19(18-8-4-5-9-22(18)29-24)12-13-27(23)15-16-10-11-20-21(14-16)26-28-25-20/h1-3,6-7,10-11,14,23H,4-5,8-9,12-13,15H2. The van der Waals surface area contributed by atoms with E-state index in [1.54, 1.807) is 20.9 Å². The number of aromatic nitrogens is 2. The Bertz CT molecular complexity index is 1160. The Kier molecular flexibility index (Phi) is 4.24. The van der Waals surface area contributed by atoms with Crippen molar-refractivity contribution in [3.8, 4) is 0 Å². The molecule has 5 heteroatoms. The van der Waals surface area contributed by atoms with Gasteiger partial charge in [0.25, 0.3) is 0 Å². The van der Waals surface area contributed by atoms with Gasteiger partial charge in [0.05, 0.1) is 6.04 Å². The van der Waals surface area contributed by atoms with Gasteiger partial charge in [-0.15, -0.1) is 11.3 Å². The minimum atomic E-state index is 0.335. The van der Waals surface area contributed by atoms with Crippen LogP contribution in [0, 0.1) is 0 Å². The maximum absolute atomic E-state index is 4.88. The van der Waals surface area contributed by atoms with Crippen LogP contribution in [0.3, 0.4) is 0 Å². The van der Waals surface area contributed by atoms with E-state index in [0.717, 1.165) is 30.5 Å². The predicted molar refractivity (Wildman–Crippen MR) is 115 cm³/mol. The summed E-state index contributed by atoms with van der Waals surface area (Å²) in [5, 5.41) is 7.97. The van der Waals surface area contributed by atoms with Gasteiger partial charge in [0.2, 0.25) is 0 Å². The molecule has 0 amide bonds. The van der Waals surface area contributed by atoms with Crippen molar-refractivity contribution in [3.05, 3.63) is 80.5 Å². The average Bonchev–Trinajstić information content (AvgIpc) is 3.38. The lowest BCUT2D eigenvalue weighted by Crippen LogP contribution is -2.35. The molecule has 2 aliphatic rings. The summed E-state index contributed by atoms with van der Waals surface area (Å²) in [7, 11) is 0. The van der Waals surface area contributed by atoms with Crippen LogP contribution in [0.5, 0.6) is 0 Å². The van der Waals surface area contributed by atoms with Crippen molar-refractivity contribution >= 4 is 22.4 Å². The average molecular weight is 402 g/mol. The number of benzene rings is 2. The number of thiophene rings is 1. The van der Waals surface area contributed by atoms with E-state index in [0.29, 0.717) is 6.04 Å². The molecule has 0 N–H and O–H groups in total. The summed E-state index contributed by atoms with van der Waals surface area (Å²) < 4.78 is 4.88. The van der Waals surface area contributed by atoms with Crippen LogP contribution in [0.1, 0.15) is 50.9 Å². The van der Waals surface area contributed by atoms with Crippen molar-refractivity contribution < 1.29 is 4.63 Å². The van der Waals surface area contributed by atoms with Gasteiger partial charge in [-0.05, 0) is 76.8 Å². The molecular formula is C24H23N3OS. The third-order valence-electron chi connectivity index (χ3n) is 6.39. The van der Waals surface area contributed by atoms with E-state index < -0.39 is 0 Å². The fourth-order valence-corrected chi connectivity index (χ4v) is 6.63. The van der Waals surface area contributed by atoms with Gasteiger partial charge in [0.15, 0.2) is 0 Å². The quantitative estimate of drug-likeness (QED) is 0.466. The SMILES string of the molecule is c1ccc(C2c3sc4c(c3CCN2Cc2ccc3nonc3c2)CCCC4)cc1. The maximum Gasteiger partial charge on any atom is 0.135 e. The van der Waals surface area contributed by atoms with Gasteiger partial charge < -0.3 is 0 Å². The van der Waals surface area contributed by atoms with Crippen molar-refractivity contribution in [2.75, 3.05) is 6.54 Å². The minimum Gasteiger partial charge on any atom is -0.287 e. The summed E-state index contributed by atoms with van der Waals surface area (Å²) in [5.74, 6) is 0. The van der Waals surface area contributed by atoms with Crippen molar-refractivity contribution in [3.63, 3.8) is 0 Å². The summed E-state index contributed by atoms with van der Waals surface area (Å²) in [6.45, 7) is 2.00. The monoisotopic (exact) mass is 401 g/mol. The van der Waals surface area contributed by atoms with Crippen LogP contribution >= 0.6 is 11.3 Å². The van der Waals surface area contributed by atoms with Gasteiger partial charge in [0, 0.05) is 22.8 Å². The lowest BCUT2D eigenvalue weighted by atomic mass is 9.88. The Balaban J connectivity index is 1.41. The molecule has 0 radical (unpaired) electrons. The zero-order valence-electron chi connectivity index (χ0n) is 16.3. The fraction of sp³-hybridized carbons (Fsp3) is 0.333. The Hall–Kier alpha value is -2.50. The number of rotatable bonds is 3. The molecule has 3 heterocycles. The summed E-state index contributed by atoms with van der Waals surface area (Å²) in [4.78, 5) is 5.87. The van der Waals surface area contributed by atoms with Gasteiger partial charge in [-0.1, -0.05) is 36.4 Å². The normalized spacial score (nSPS) is 19.2. The van der Waals surface area contributed by atoms with Crippen LogP contribution in [0.4, 0.5) is 0 Å². The molecule has 29 heavy (non-hydrogen) atoms. The van der Waals surface area contributed by atoms with Crippen molar-refractivity contribution in [2.45, 2.75) is 44.7 Å². The Labute approximate surface area is 174 Å². The summed E-state index contributed by atoms with van der Waals surface area (Å²) >= 11 is 2.08. The maximum atomic E-state index is 4.88. The van der Waals surface area contributed by atoms with Crippen LogP contribution in [0.25, 0.3) is 11.0 Å². The number of fused-ring (bicyclic) bond motifs is 4. The van der Waals surface area contributed by atoms with E-state index >= 15 is 0 Å². The second-order valence-electron chi connectivity index (χ2n) is 8.17. The van der Waals surface area contributed by atoms with Crippen LogP contribution in [0.2, 0.25) is 0 Å². The van der Waals surface area contributed by atoms with E-state index in [1.807, 2.05) is 6.07 Å². The van der Waals surface area contributed by atoms with Gasteiger partial charge in [0.1, 0.15) is 11.0 Å². The second kappa shape index (κ2) is 7.08. The highest BCUT2D eigenvalue weighted by Crippen LogP contribution is 2.45. The van der Waals surface area contributed by atoms with E-state index in [9.17, 15) is 0 Å². The summed E-state index contributed by atoms with van der Waals surface area (Å²) in [6.07, 6.45) is 6.40. The molecular weight excluding hydrogens is 378 g/mol. The second-order valence-corrected chi connectivity index (χ2v) is 9.31. The predicted octanol–water partition coefficient (Wildman–Crippen LogP) is 5.31. The third-order valence-corrected chi connectivity index (χ3v) is 7.78. The zero-order valence-corrected chi connectivity index (χ0v) is 17.1. The molecule has 0 saturated heterocycles. The zero-order chi connectivity index (χ0) is 19.2. The van der Waals surface area contributed by atoms with E-state index in [2.05, 4.69) is 69.0 Å². The lowest BCUT2D eigenvalue weighted by molar-refractivity contribution is 0.207. The highest BCUT2D eigenvalue weighted by molar-refractivity contribution is 7.12. The number of hydrogen-bond donors (Lipinski definition) is 0. The molecule has 1 aliphatic heterocycles. The molecule has 2 aromatic carbocycles. The minimum absolute atomic E-state index is 0.335. The molecule has 1 unspecified atom stereocenters. The fourth-order valence-electron chi connectivity index (χ4n) is 5.03. The van der Waals surface area contributed by atoms with Gasteiger partial charge >= 0.3 is 0 Å². The molecule has 4 nitrogen and oxygen atoms in total. The van der Waals surface area contributed by atoms with E-state index in [1.165, 1.54) is 36.8 Å². The van der Waals surface area contributed by atoms with Gasteiger partial charge in [-0.25, -0.2) is 4.63 Å². The van der Waals surface area contributed by atoms with Crippen LogP contribution in [-0.4, -0.2) is 21.8 Å². The lowest BCUT2D eigenvalue weighted by Gasteiger charge is -2.36. The summed E-state index contributed by atoms with van der Waals surface area (Å²) in [6, 6.07) is 17.6. The highest BCUT2D eigenvalue weighted by Gasteiger charge is 2.34. The third kappa shape index (κ3) is 3.00. The van der Waals surface area contributed by atoms with Crippen LogP contribution < -0.4 is 0 Å². The smallest absolute Gasteiger partial charge is 0.135 e. The highest BCUT2D eigenvalue weighted by atomic mass is 32.1. The van der Waals surface area contributed by atoms with Crippen LogP contribution in [-0.2, 0) is 25.8 Å². The number of aryl methyl sites for hydroxylation is 1. The van der Waals surface area contributed by atoms with Crippen molar-refractivity contribution in [1.29, 1.82) is 0 Å². The molecule has 1 aliphatic carbocycles.